The highest BCUT2D eigenvalue weighted by molar-refractivity contribution is 5.88. The Morgan fingerprint density at radius 2 is 1.04 bits per heavy atom. The zero-order valence-electron chi connectivity index (χ0n) is 37.5. The molecule has 69 heavy (non-hydrogen) atoms. The summed E-state index contributed by atoms with van der Waals surface area (Å²) in [5, 5.41) is 10.4. The van der Waals surface area contributed by atoms with Gasteiger partial charge in [-0.2, -0.15) is 8.78 Å². The van der Waals surface area contributed by atoms with E-state index in [1.807, 2.05) is 66.7 Å². The van der Waals surface area contributed by atoms with Crippen molar-refractivity contribution < 1.29 is 60.4 Å². The van der Waals surface area contributed by atoms with E-state index in [2.05, 4.69) is 4.74 Å². The average molecular weight is 955 g/mol. The molecule has 7 N–H and O–H groups in total. The highest BCUT2D eigenvalue weighted by atomic mass is 19.2. The number of ether oxygens (including phenoxy) is 4. The molecular formula is C52H51F5N4O8. The van der Waals surface area contributed by atoms with Crippen LogP contribution in [0.4, 0.5) is 22.0 Å². The Labute approximate surface area is 395 Å². The molecule has 0 aliphatic heterocycles. The summed E-state index contributed by atoms with van der Waals surface area (Å²) in [6.07, 6.45) is -1.42. The number of esters is 2. The molecule has 0 spiro atoms. The molecule has 0 fully saturated rings. The van der Waals surface area contributed by atoms with Gasteiger partial charge < -0.3 is 46.2 Å². The predicted octanol–water partition coefficient (Wildman–Crippen LogP) is 7.22. The van der Waals surface area contributed by atoms with Gasteiger partial charge in [-0.1, -0.05) is 103 Å². The maximum Gasteiger partial charge on any atom is 0.329 e. The Morgan fingerprint density at radius 1 is 0.594 bits per heavy atom. The quantitative estimate of drug-likeness (QED) is 0.0177. The van der Waals surface area contributed by atoms with Gasteiger partial charge in [-0.3, -0.25) is 4.79 Å². The van der Waals surface area contributed by atoms with Gasteiger partial charge in [-0.25, -0.2) is 22.8 Å². The first-order chi connectivity index (χ1) is 33.1. The van der Waals surface area contributed by atoms with Crippen LogP contribution in [0.5, 0.6) is 17.2 Å². The first-order valence-electron chi connectivity index (χ1n) is 21.8. The van der Waals surface area contributed by atoms with E-state index in [-0.39, 0.29) is 56.9 Å². The summed E-state index contributed by atoms with van der Waals surface area (Å²) in [6, 6.07) is 33.3. The Balaban J connectivity index is 1.37. The Bertz CT molecular complexity index is 2670. The summed E-state index contributed by atoms with van der Waals surface area (Å²) in [7, 11) is 1.42. The van der Waals surface area contributed by atoms with Gasteiger partial charge in [0.1, 0.15) is 43.4 Å². The molecule has 0 heterocycles. The lowest BCUT2D eigenvalue weighted by atomic mass is 9.95. The zero-order chi connectivity index (χ0) is 49.6. The first kappa shape index (κ1) is 51.2. The number of nitrogens with zero attached hydrogens (tertiary/aromatic N) is 1. The number of carbonyl (C=O) groups excluding carboxylic acids is 3. The molecule has 0 saturated heterocycles. The molecule has 0 saturated carbocycles. The van der Waals surface area contributed by atoms with E-state index in [0.29, 0.717) is 28.0 Å². The van der Waals surface area contributed by atoms with Crippen LogP contribution >= 0.6 is 0 Å². The highest BCUT2D eigenvalue weighted by Crippen LogP contribution is 2.34. The van der Waals surface area contributed by atoms with Crippen molar-refractivity contribution in [1.82, 2.24) is 4.90 Å². The van der Waals surface area contributed by atoms with Crippen molar-refractivity contribution in [2.75, 3.05) is 13.6 Å². The SMILES string of the molecule is CN(C(=O)[C@@H](N)CC(O)CCN)C(Cc1cc(-c2ccc(OCc3ccccc3)c(CC(N)C(=O)Oc3c(F)c(F)c(F)c(F)c3F)c2)ccc1OCc1ccccc1)C(=O)OCc1ccccc1. The van der Waals surface area contributed by atoms with E-state index < -0.39 is 83.3 Å². The van der Waals surface area contributed by atoms with Crippen LogP contribution in [0.2, 0.25) is 0 Å². The lowest BCUT2D eigenvalue weighted by Crippen LogP contribution is -2.51. The molecule has 4 atom stereocenters. The monoisotopic (exact) mass is 954 g/mol. The van der Waals surface area contributed by atoms with Crippen molar-refractivity contribution in [1.29, 1.82) is 0 Å². The number of hydrogen-bond donors (Lipinski definition) is 4. The molecule has 6 rings (SSSR count). The van der Waals surface area contributed by atoms with Gasteiger partial charge in [0.15, 0.2) is 0 Å². The van der Waals surface area contributed by atoms with Crippen LogP contribution in [0.1, 0.15) is 40.7 Å². The number of hydrogen-bond acceptors (Lipinski definition) is 11. The van der Waals surface area contributed by atoms with Gasteiger partial charge >= 0.3 is 11.9 Å². The minimum Gasteiger partial charge on any atom is -0.489 e. The smallest absolute Gasteiger partial charge is 0.329 e. The molecule has 12 nitrogen and oxygen atoms in total. The fourth-order valence-corrected chi connectivity index (χ4v) is 7.29. The second kappa shape index (κ2) is 24.2. The van der Waals surface area contributed by atoms with Gasteiger partial charge in [0.25, 0.3) is 0 Å². The fraction of sp³-hybridized carbons (Fsp3) is 0.250. The fourth-order valence-electron chi connectivity index (χ4n) is 7.29. The molecule has 0 aliphatic rings. The average Bonchev–Trinajstić information content (AvgIpc) is 3.36. The Morgan fingerprint density at radius 3 is 1.52 bits per heavy atom. The minimum absolute atomic E-state index is 0.0681. The third kappa shape index (κ3) is 13.5. The number of rotatable bonds is 22. The number of amides is 1. The minimum atomic E-state index is -2.43. The summed E-state index contributed by atoms with van der Waals surface area (Å²) in [6.45, 7) is 0.267. The van der Waals surface area contributed by atoms with Gasteiger partial charge in [0.2, 0.25) is 40.7 Å². The predicted molar refractivity (Wildman–Crippen MR) is 246 cm³/mol. The van der Waals surface area contributed by atoms with Crippen LogP contribution in [-0.4, -0.2) is 65.7 Å². The van der Waals surface area contributed by atoms with Gasteiger partial charge in [0.05, 0.1) is 12.1 Å². The number of halogens is 5. The summed E-state index contributed by atoms with van der Waals surface area (Å²) < 4.78 is 93.6. The van der Waals surface area contributed by atoms with Gasteiger partial charge in [0, 0.05) is 19.9 Å². The van der Waals surface area contributed by atoms with Crippen LogP contribution in [-0.2, 0) is 51.8 Å². The molecule has 6 aromatic rings. The van der Waals surface area contributed by atoms with Crippen molar-refractivity contribution in [3.63, 3.8) is 0 Å². The number of aliphatic hydroxyl groups is 1. The lowest BCUT2D eigenvalue weighted by Gasteiger charge is -2.30. The number of aliphatic hydroxyl groups excluding tert-OH is 1. The van der Waals surface area contributed by atoms with Crippen molar-refractivity contribution in [3.05, 3.63) is 184 Å². The number of likely N-dealkylation sites (N-methyl/N-ethyl adjacent to an activating group) is 1. The highest BCUT2D eigenvalue weighted by Gasteiger charge is 2.34. The molecule has 0 bridgehead atoms. The van der Waals surface area contributed by atoms with E-state index in [9.17, 15) is 41.4 Å². The van der Waals surface area contributed by atoms with Gasteiger partial charge in [-0.05, 0) is 82.6 Å². The van der Waals surface area contributed by atoms with Crippen LogP contribution in [0.15, 0.2) is 127 Å². The van der Waals surface area contributed by atoms with Crippen molar-refractivity contribution in [2.24, 2.45) is 17.2 Å². The molecule has 17 heteroatoms. The second-order valence-corrected chi connectivity index (χ2v) is 16.2. The van der Waals surface area contributed by atoms with Crippen LogP contribution in [0.3, 0.4) is 0 Å². The normalized spacial score (nSPS) is 12.9. The van der Waals surface area contributed by atoms with E-state index in [4.69, 9.17) is 31.4 Å². The third-order valence-corrected chi connectivity index (χ3v) is 11.1. The van der Waals surface area contributed by atoms with E-state index in [1.165, 1.54) is 11.9 Å². The molecule has 362 valence electrons. The van der Waals surface area contributed by atoms with Crippen molar-refractivity contribution in [3.8, 4) is 28.4 Å². The van der Waals surface area contributed by atoms with Crippen LogP contribution in [0, 0.1) is 29.1 Å². The number of benzene rings is 6. The summed E-state index contributed by atoms with van der Waals surface area (Å²) >= 11 is 0. The van der Waals surface area contributed by atoms with Crippen LogP contribution < -0.4 is 31.4 Å². The Hall–Kier alpha value is -7.18. The van der Waals surface area contributed by atoms with E-state index in [0.717, 1.165) is 11.1 Å². The summed E-state index contributed by atoms with van der Waals surface area (Å²) in [4.78, 5) is 42.4. The van der Waals surface area contributed by atoms with Crippen molar-refractivity contribution >= 4 is 17.8 Å². The summed E-state index contributed by atoms with van der Waals surface area (Å²) in [5.41, 5.74) is 22.2. The molecule has 6 aromatic carbocycles. The molecular weight excluding hydrogens is 904 g/mol. The summed E-state index contributed by atoms with van der Waals surface area (Å²) in [5.74, 6) is -15.8. The molecule has 1 amide bonds. The van der Waals surface area contributed by atoms with E-state index >= 15 is 0 Å². The Kier molecular flexibility index (Phi) is 18.0. The van der Waals surface area contributed by atoms with E-state index in [1.54, 1.807) is 60.7 Å². The molecule has 0 aromatic heterocycles. The van der Waals surface area contributed by atoms with Gasteiger partial charge in [-0.15, -0.1) is 0 Å². The largest absolute Gasteiger partial charge is 0.489 e. The maximum atomic E-state index is 14.5. The topological polar surface area (TPSA) is 190 Å². The van der Waals surface area contributed by atoms with Crippen molar-refractivity contribution in [2.45, 2.75) is 69.7 Å². The van der Waals surface area contributed by atoms with Crippen LogP contribution in [0.25, 0.3) is 11.1 Å². The molecule has 3 unspecified atom stereocenters. The second-order valence-electron chi connectivity index (χ2n) is 16.2. The maximum absolute atomic E-state index is 14.5. The number of nitrogens with two attached hydrogens (primary N) is 3. The molecule has 0 aliphatic carbocycles. The number of carbonyl (C=O) groups is 3. The molecule has 0 radical (unpaired) electrons. The third-order valence-electron chi connectivity index (χ3n) is 11.1. The standard InChI is InChI=1S/C52H51F5N4O8/c1-61(50(63)39(59)27-38(62)21-22-58)41(52(65)68-30-33-15-9-4-10-16-33)26-37-24-35(18-20-43(37)67-29-32-13-7-3-8-14-32)34-17-19-42(66-28-31-11-5-2-6-12-31)36(23-34)25-40(60)51(64)69-49-47(56)45(54)44(53)46(55)48(49)57/h2-20,23-24,38-41,62H,21-22,25-30,58-60H2,1H3/t38?,39-,40?,41?/m0/s1. The zero-order valence-corrected chi connectivity index (χ0v) is 37.5. The lowest BCUT2D eigenvalue weighted by molar-refractivity contribution is -0.155. The first-order valence-corrected chi connectivity index (χ1v) is 21.8.